The van der Waals surface area contributed by atoms with E-state index in [4.69, 9.17) is 18.9 Å². The summed E-state index contributed by atoms with van der Waals surface area (Å²) in [4.78, 5) is 43.9. The van der Waals surface area contributed by atoms with E-state index < -0.39 is 12.1 Å². The van der Waals surface area contributed by atoms with E-state index in [-0.39, 0.29) is 61.6 Å². The molecule has 1 fully saturated rings. The quantitative estimate of drug-likeness (QED) is 0.283. The van der Waals surface area contributed by atoms with Crippen molar-refractivity contribution in [2.75, 3.05) is 50.8 Å². The van der Waals surface area contributed by atoms with Gasteiger partial charge < -0.3 is 49.8 Å². The van der Waals surface area contributed by atoms with Crippen LogP contribution in [0.1, 0.15) is 82.5 Å². The molecular formula is C37H53N5O8. The molecule has 0 spiro atoms. The van der Waals surface area contributed by atoms with Gasteiger partial charge in [-0.3, -0.25) is 4.79 Å². The summed E-state index contributed by atoms with van der Waals surface area (Å²) in [5.74, 6) is 1.02. The number of hydrogen-bond donors (Lipinski definition) is 4. The summed E-state index contributed by atoms with van der Waals surface area (Å²) >= 11 is 0. The largest absolute Gasteiger partial charge is 0.490 e. The van der Waals surface area contributed by atoms with Crippen LogP contribution in [-0.2, 0) is 4.74 Å². The monoisotopic (exact) mass is 695 g/mol. The first-order chi connectivity index (χ1) is 24.1. The molecule has 4 N–H and O–H groups in total. The number of carbonyl (C=O) groups is 3. The van der Waals surface area contributed by atoms with Gasteiger partial charge in [-0.1, -0.05) is 26.2 Å². The zero-order valence-corrected chi connectivity index (χ0v) is 29.7. The molecule has 2 heterocycles. The van der Waals surface area contributed by atoms with Crippen molar-refractivity contribution in [1.29, 1.82) is 0 Å². The molecule has 2 aromatic carbocycles. The molecule has 274 valence electrons. The standard InChI is InChI=1S/C37H53N5O8/c1-24-20-42(25(2)22-43)35(44)30-18-28(38-36(45)39-29-14-16-32-33(19-29)49-23-48-32)13-15-31(30)50-26(3)10-8-9-17-47-34(24)21-41(4)37(46)40-27-11-6-5-7-12-27/h13-16,18-19,24-27,34,43H,5-12,17,20-23H2,1-4H3,(H,40,46)(H2,38,39,45)/t24-,25-,26+,34-/m0/s1. The molecule has 13 heteroatoms. The molecule has 13 nitrogen and oxygen atoms in total. The second-order valence-electron chi connectivity index (χ2n) is 13.8. The molecule has 2 aliphatic heterocycles. The summed E-state index contributed by atoms with van der Waals surface area (Å²) in [6.07, 6.45) is 7.35. The van der Waals surface area contributed by atoms with E-state index in [9.17, 15) is 19.5 Å². The van der Waals surface area contributed by atoms with Gasteiger partial charge in [0.2, 0.25) is 6.79 Å². The minimum atomic E-state index is -0.526. The van der Waals surface area contributed by atoms with Crippen LogP contribution in [0.25, 0.3) is 0 Å². The van der Waals surface area contributed by atoms with E-state index >= 15 is 0 Å². The number of urea groups is 2. The first-order valence-corrected chi connectivity index (χ1v) is 17.9. The number of nitrogens with one attached hydrogen (secondary N) is 3. The van der Waals surface area contributed by atoms with Gasteiger partial charge in [0, 0.05) is 56.1 Å². The molecule has 0 radical (unpaired) electrons. The number of likely N-dealkylation sites (N-methyl/N-ethyl adjacent to an activating group) is 1. The zero-order valence-electron chi connectivity index (χ0n) is 29.7. The van der Waals surface area contributed by atoms with Crippen LogP contribution >= 0.6 is 0 Å². The maximum Gasteiger partial charge on any atom is 0.323 e. The molecule has 1 saturated carbocycles. The Morgan fingerprint density at radius 3 is 2.36 bits per heavy atom. The minimum Gasteiger partial charge on any atom is -0.490 e. The maximum atomic E-state index is 14.4. The lowest BCUT2D eigenvalue weighted by molar-refractivity contribution is -0.0123. The van der Waals surface area contributed by atoms with Crippen LogP contribution in [0.4, 0.5) is 21.0 Å². The molecule has 0 unspecified atom stereocenters. The van der Waals surface area contributed by atoms with Crippen molar-refractivity contribution in [1.82, 2.24) is 15.1 Å². The fourth-order valence-corrected chi connectivity index (χ4v) is 6.62. The third kappa shape index (κ3) is 9.94. The molecule has 0 saturated heterocycles. The fourth-order valence-electron chi connectivity index (χ4n) is 6.62. The van der Waals surface area contributed by atoms with Crippen molar-refractivity contribution < 1.29 is 38.4 Å². The van der Waals surface area contributed by atoms with Crippen molar-refractivity contribution in [3.63, 3.8) is 0 Å². The van der Waals surface area contributed by atoms with Gasteiger partial charge in [0.1, 0.15) is 5.75 Å². The fraction of sp³-hybridized carbons (Fsp3) is 0.595. The molecule has 0 bridgehead atoms. The van der Waals surface area contributed by atoms with Gasteiger partial charge in [-0.25, -0.2) is 9.59 Å². The molecule has 3 aliphatic rings. The number of aliphatic hydroxyl groups is 1. The summed E-state index contributed by atoms with van der Waals surface area (Å²) < 4.78 is 23.5. The van der Waals surface area contributed by atoms with Gasteiger partial charge in [0.15, 0.2) is 11.5 Å². The van der Waals surface area contributed by atoms with Gasteiger partial charge in [-0.15, -0.1) is 0 Å². The number of nitrogens with zero attached hydrogens (tertiary/aromatic N) is 2. The van der Waals surface area contributed by atoms with Gasteiger partial charge >= 0.3 is 12.1 Å². The van der Waals surface area contributed by atoms with Crippen molar-refractivity contribution >= 4 is 29.3 Å². The number of rotatable bonds is 7. The second kappa shape index (κ2) is 17.6. The molecule has 2 aromatic rings. The third-order valence-corrected chi connectivity index (χ3v) is 9.67. The van der Waals surface area contributed by atoms with E-state index in [2.05, 4.69) is 16.0 Å². The van der Waals surface area contributed by atoms with Gasteiger partial charge in [0.25, 0.3) is 5.91 Å². The van der Waals surface area contributed by atoms with Crippen LogP contribution in [0.5, 0.6) is 17.2 Å². The Morgan fingerprint density at radius 2 is 1.62 bits per heavy atom. The number of carbonyl (C=O) groups excluding carboxylic acids is 3. The predicted octanol–water partition coefficient (Wildman–Crippen LogP) is 5.83. The Labute approximate surface area is 294 Å². The van der Waals surface area contributed by atoms with Crippen LogP contribution in [0.3, 0.4) is 0 Å². The number of benzene rings is 2. The van der Waals surface area contributed by atoms with Crippen LogP contribution in [0.15, 0.2) is 36.4 Å². The number of fused-ring (bicyclic) bond motifs is 2. The summed E-state index contributed by atoms with van der Waals surface area (Å²) in [7, 11) is 1.78. The Bertz CT molecular complexity index is 1470. The highest BCUT2D eigenvalue weighted by atomic mass is 16.7. The van der Waals surface area contributed by atoms with E-state index in [0.29, 0.717) is 41.8 Å². The van der Waals surface area contributed by atoms with E-state index in [1.54, 1.807) is 60.2 Å². The molecule has 0 aromatic heterocycles. The summed E-state index contributed by atoms with van der Waals surface area (Å²) in [5.41, 5.74) is 1.18. The number of hydrogen-bond acceptors (Lipinski definition) is 8. The van der Waals surface area contributed by atoms with Crippen molar-refractivity contribution in [3.8, 4) is 17.2 Å². The second-order valence-corrected chi connectivity index (χ2v) is 13.8. The molecule has 5 amide bonds. The number of ether oxygens (including phenoxy) is 4. The first kappa shape index (κ1) is 37.0. The van der Waals surface area contributed by atoms with Crippen molar-refractivity contribution in [2.24, 2.45) is 5.92 Å². The van der Waals surface area contributed by atoms with Gasteiger partial charge in [-0.05, 0) is 76.3 Å². The van der Waals surface area contributed by atoms with Crippen molar-refractivity contribution in [3.05, 3.63) is 42.0 Å². The topological polar surface area (TPSA) is 151 Å². The Kier molecular flexibility index (Phi) is 13.1. The van der Waals surface area contributed by atoms with E-state index in [1.807, 2.05) is 13.8 Å². The molecule has 4 atom stereocenters. The van der Waals surface area contributed by atoms with E-state index in [1.165, 1.54) is 6.42 Å². The maximum absolute atomic E-state index is 14.4. The Hall–Kier alpha value is -4.23. The first-order valence-electron chi connectivity index (χ1n) is 17.9. The average Bonchev–Trinajstić information content (AvgIpc) is 3.58. The summed E-state index contributed by atoms with van der Waals surface area (Å²) in [6.45, 7) is 6.77. The number of anilines is 2. The highest BCUT2D eigenvalue weighted by Gasteiger charge is 2.31. The highest BCUT2D eigenvalue weighted by Crippen LogP contribution is 2.34. The number of amides is 5. The molecule has 1 aliphatic carbocycles. The SMILES string of the molecule is C[C@@H]1CCCCO[C@@H](CN(C)C(=O)NC2CCCCC2)[C@@H](C)CN([C@@H](C)CO)C(=O)c2cc(NC(=O)Nc3ccc4c(c3)OCO4)ccc2O1. The lowest BCUT2D eigenvalue weighted by atomic mass is 9.96. The Morgan fingerprint density at radius 1 is 0.940 bits per heavy atom. The third-order valence-electron chi connectivity index (χ3n) is 9.67. The van der Waals surface area contributed by atoms with Crippen LogP contribution in [0.2, 0.25) is 0 Å². The minimum absolute atomic E-state index is 0.119. The lowest BCUT2D eigenvalue weighted by Crippen LogP contribution is -2.50. The number of aliphatic hydroxyl groups excluding tert-OH is 1. The predicted molar refractivity (Wildman–Crippen MR) is 190 cm³/mol. The smallest absolute Gasteiger partial charge is 0.323 e. The van der Waals surface area contributed by atoms with E-state index in [0.717, 1.165) is 44.9 Å². The molecule has 50 heavy (non-hydrogen) atoms. The lowest BCUT2D eigenvalue weighted by Gasteiger charge is -2.36. The van der Waals surface area contributed by atoms with Gasteiger partial charge in [0.05, 0.1) is 30.4 Å². The zero-order chi connectivity index (χ0) is 35.6. The highest BCUT2D eigenvalue weighted by molar-refractivity contribution is 6.02. The average molecular weight is 696 g/mol. The normalized spacial score (nSPS) is 22.4. The van der Waals surface area contributed by atoms with Crippen LogP contribution in [0, 0.1) is 5.92 Å². The molecular weight excluding hydrogens is 642 g/mol. The molecule has 5 rings (SSSR count). The Balaban J connectivity index is 1.34. The van der Waals surface area contributed by atoms with Crippen molar-refractivity contribution in [2.45, 2.75) is 96.4 Å². The van der Waals surface area contributed by atoms with Gasteiger partial charge in [-0.2, -0.15) is 0 Å². The van der Waals surface area contributed by atoms with Crippen LogP contribution < -0.4 is 30.2 Å². The summed E-state index contributed by atoms with van der Waals surface area (Å²) in [5, 5.41) is 19.1. The van der Waals surface area contributed by atoms with Crippen LogP contribution in [-0.4, -0.2) is 97.3 Å². The summed E-state index contributed by atoms with van der Waals surface area (Å²) in [6, 6.07) is 9.15.